The lowest BCUT2D eigenvalue weighted by Crippen LogP contribution is -2.40. The van der Waals surface area contributed by atoms with Gasteiger partial charge in [0.25, 0.3) is 5.91 Å². The van der Waals surface area contributed by atoms with Crippen LogP contribution in [0.1, 0.15) is 29.8 Å². The normalized spacial score (nSPS) is 12.6. The highest BCUT2D eigenvalue weighted by Crippen LogP contribution is 2.19. The van der Waals surface area contributed by atoms with Gasteiger partial charge in [-0.05, 0) is 30.5 Å². The zero-order valence-electron chi connectivity index (χ0n) is 10.3. The van der Waals surface area contributed by atoms with Crippen molar-refractivity contribution in [1.29, 1.82) is 0 Å². The first kappa shape index (κ1) is 14.7. The first-order valence-corrected chi connectivity index (χ1v) is 7.50. The highest BCUT2D eigenvalue weighted by molar-refractivity contribution is 9.10. The molecule has 0 aliphatic rings. The lowest BCUT2D eigenvalue weighted by atomic mass is 10.0. The van der Waals surface area contributed by atoms with E-state index in [4.69, 9.17) is 0 Å². The van der Waals surface area contributed by atoms with E-state index >= 15 is 0 Å². The van der Waals surface area contributed by atoms with Crippen LogP contribution >= 0.6 is 31.9 Å². The molecule has 1 amide bonds. The van der Waals surface area contributed by atoms with Crippen LogP contribution in [0.5, 0.6) is 0 Å². The Morgan fingerprint density at radius 1 is 1.41 bits per heavy atom. The molecule has 1 N–H and O–H groups in total. The lowest BCUT2D eigenvalue weighted by Gasteiger charge is -2.20. The van der Waals surface area contributed by atoms with Crippen molar-refractivity contribution >= 4 is 37.8 Å². The molecule has 1 unspecified atom stereocenters. The van der Waals surface area contributed by atoms with Crippen LogP contribution in [0.2, 0.25) is 0 Å². The topological polar surface area (TPSA) is 29.1 Å². The van der Waals surface area contributed by atoms with Gasteiger partial charge in [-0.3, -0.25) is 4.79 Å². The van der Waals surface area contributed by atoms with Crippen LogP contribution in [0.15, 0.2) is 22.7 Å². The second-order valence-electron chi connectivity index (χ2n) is 4.39. The minimum atomic E-state index is -0.0121. The monoisotopic (exact) mass is 361 g/mol. The predicted molar refractivity (Wildman–Crippen MR) is 78.8 cm³/mol. The SMILES string of the molecule is Cc1c(Br)cccc1C(=O)NC(CBr)C(C)C. The summed E-state index contributed by atoms with van der Waals surface area (Å²) in [7, 11) is 0. The second kappa shape index (κ2) is 6.55. The highest BCUT2D eigenvalue weighted by atomic mass is 79.9. The molecule has 1 aromatic rings. The summed E-state index contributed by atoms with van der Waals surface area (Å²) in [5.74, 6) is 0.396. The van der Waals surface area contributed by atoms with Gasteiger partial charge in [-0.1, -0.05) is 51.8 Å². The number of rotatable bonds is 4. The summed E-state index contributed by atoms with van der Waals surface area (Å²) < 4.78 is 0.963. The maximum absolute atomic E-state index is 12.1. The van der Waals surface area contributed by atoms with Gasteiger partial charge < -0.3 is 5.32 Å². The van der Waals surface area contributed by atoms with Crippen molar-refractivity contribution in [3.63, 3.8) is 0 Å². The van der Waals surface area contributed by atoms with Crippen molar-refractivity contribution in [3.8, 4) is 0 Å². The molecule has 4 heteroatoms. The van der Waals surface area contributed by atoms with Crippen LogP contribution in [-0.4, -0.2) is 17.3 Å². The van der Waals surface area contributed by atoms with Gasteiger partial charge in [0.2, 0.25) is 0 Å². The van der Waals surface area contributed by atoms with Gasteiger partial charge in [-0.15, -0.1) is 0 Å². The molecule has 0 fully saturated rings. The zero-order chi connectivity index (χ0) is 13.0. The Morgan fingerprint density at radius 3 is 2.59 bits per heavy atom. The molecule has 1 aromatic carbocycles. The molecule has 0 heterocycles. The average Bonchev–Trinajstić information content (AvgIpc) is 2.28. The molecular formula is C13H17Br2NO. The Balaban J connectivity index is 2.86. The van der Waals surface area contributed by atoms with Crippen molar-refractivity contribution in [3.05, 3.63) is 33.8 Å². The molecule has 94 valence electrons. The number of halogens is 2. The van der Waals surface area contributed by atoms with Crippen molar-refractivity contribution in [2.45, 2.75) is 26.8 Å². The molecule has 1 atom stereocenters. The third-order valence-corrected chi connectivity index (χ3v) is 4.36. The van der Waals surface area contributed by atoms with E-state index in [0.29, 0.717) is 5.92 Å². The van der Waals surface area contributed by atoms with Gasteiger partial charge in [-0.25, -0.2) is 0 Å². The van der Waals surface area contributed by atoms with Crippen LogP contribution < -0.4 is 5.32 Å². The quantitative estimate of drug-likeness (QED) is 0.808. The summed E-state index contributed by atoms with van der Waals surface area (Å²) >= 11 is 6.86. The summed E-state index contributed by atoms with van der Waals surface area (Å²) in [6, 6.07) is 5.82. The average molecular weight is 363 g/mol. The molecule has 0 bridgehead atoms. The summed E-state index contributed by atoms with van der Waals surface area (Å²) in [6.07, 6.45) is 0. The molecule has 0 spiro atoms. The summed E-state index contributed by atoms with van der Waals surface area (Å²) in [4.78, 5) is 12.1. The van der Waals surface area contributed by atoms with E-state index in [1.165, 1.54) is 0 Å². The molecule has 0 aliphatic carbocycles. The van der Waals surface area contributed by atoms with Crippen LogP contribution in [0.4, 0.5) is 0 Å². The van der Waals surface area contributed by atoms with E-state index in [2.05, 4.69) is 51.0 Å². The minimum Gasteiger partial charge on any atom is -0.348 e. The number of hydrogen-bond donors (Lipinski definition) is 1. The van der Waals surface area contributed by atoms with E-state index in [-0.39, 0.29) is 11.9 Å². The molecule has 2 nitrogen and oxygen atoms in total. The molecule has 1 rings (SSSR count). The van der Waals surface area contributed by atoms with Crippen LogP contribution in [0.3, 0.4) is 0 Å². The Morgan fingerprint density at radius 2 is 2.06 bits per heavy atom. The number of amides is 1. The number of hydrogen-bond acceptors (Lipinski definition) is 1. The van der Waals surface area contributed by atoms with Crippen LogP contribution in [0, 0.1) is 12.8 Å². The van der Waals surface area contributed by atoms with Gasteiger partial charge in [0, 0.05) is 21.4 Å². The number of carbonyl (C=O) groups is 1. The fraction of sp³-hybridized carbons (Fsp3) is 0.462. The molecule has 17 heavy (non-hydrogen) atoms. The fourth-order valence-electron chi connectivity index (χ4n) is 1.48. The number of benzene rings is 1. The molecule has 0 aromatic heterocycles. The molecule has 0 aliphatic heterocycles. The maximum atomic E-state index is 12.1. The number of alkyl halides is 1. The molecule has 0 saturated carbocycles. The Labute approximate surface area is 119 Å². The van der Waals surface area contributed by atoms with Gasteiger partial charge in [-0.2, -0.15) is 0 Å². The van der Waals surface area contributed by atoms with Gasteiger partial charge >= 0.3 is 0 Å². The van der Waals surface area contributed by atoms with E-state index in [0.717, 1.165) is 20.9 Å². The van der Waals surface area contributed by atoms with Crippen molar-refractivity contribution in [1.82, 2.24) is 5.32 Å². The predicted octanol–water partition coefficient (Wildman–Crippen LogP) is 3.91. The van der Waals surface area contributed by atoms with E-state index in [1.54, 1.807) is 0 Å². The Hall–Kier alpha value is -0.350. The van der Waals surface area contributed by atoms with Crippen molar-refractivity contribution < 1.29 is 4.79 Å². The number of carbonyl (C=O) groups excluding carboxylic acids is 1. The molecular weight excluding hydrogens is 346 g/mol. The number of nitrogens with one attached hydrogen (secondary N) is 1. The van der Waals surface area contributed by atoms with Gasteiger partial charge in [0.1, 0.15) is 0 Å². The van der Waals surface area contributed by atoms with E-state index in [1.807, 2.05) is 25.1 Å². The van der Waals surface area contributed by atoms with Crippen LogP contribution in [0.25, 0.3) is 0 Å². The maximum Gasteiger partial charge on any atom is 0.251 e. The third kappa shape index (κ3) is 3.81. The highest BCUT2D eigenvalue weighted by Gasteiger charge is 2.17. The van der Waals surface area contributed by atoms with E-state index in [9.17, 15) is 4.79 Å². The third-order valence-electron chi connectivity index (χ3n) is 2.80. The van der Waals surface area contributed by atoms with E-state index < -0.39 is 0 Å². The van der Waals surface area contributed by atoms with Crippen molar-refractivity contribution in [2.24, 2.45) is 5.92 Å². The van der Waals surface area contributed by atoms with Gasteiger partial charge in [0.15, 0.2) is 0 Å². The molecule has 0 radical (unpaired) electrons. The Bertz CT molecular complexity index is 404. The van der Waals surface area contributed by atoms with Crippen molar-refractivity contribution in [2.75, 3.05) is 5.33 Å². The molecule has 0 saturated heterocycles. The first-order valence-electron chi connectivity index (χ1n) is 5.59. The lowest BCUT2D eigenvalue weighted by molar-refractivity contribution is 0.0931. The summed E-state index contributed by atoms with van der Waals surface area (Å²) in [5, 5.41) is 3.81. The Kier molecular flexibility index (Phi) is 5.67. The zero-order valence-corrected chi connectivity index (χ0v) is 13.4. The second-order valence-corrected chi connectivity index (χ2v) is 5.89. The standard InChI is InChI=1S/C13H17Br2NO/c1-8(2)12(7-14)16-13(17)10-5-4-6-11(15)9(10)3/h4-6,8,12H,7H2,1-3H3,(H,16,17). The summed E-state index contributed by atoms with van der Waals surface area (Å²) in [5.41, 5.74) is 1.70. The first-order chi connectivity index (χ1) is 7.97. The summed E-state index contributed by atoms with van der Waals surface area (Å²) in [6.45, 7) is 6.14. The largest absolute Gasteiger partial charge is 0.348 e. The minimum absolute atomic E-state index is 0.0121. The van der Waals surface area contributed by atoms with Crippen LogP contribution in [-0.2, 0) is 0 Å². The smallest absolute Gasteiger partial charge is 0.251 e. The van der Waals surface area contributed by atoms with Gasteiger partial charge in [0.05, 0.1) is 0 Å². The fourth-order valence-corrected chi connectivity index (χ4v) is 2.76.